The summed E-state index contributed by atoms with van der Waals surface area (Å²) in [5.74, 6) is 1.40. The summed E-state index contributed by atoms with van der Waals surface area (Å²) < 4.78 is 7.73. The van der Waals surface area contributed by atoms with Gasteiger partial charge in [-0.2, -0.15) is 0 Å². The lowest BCUT2D eigenvalue weighted by Gasteiger charge is -2.37. The molecule has 2 heterocycles. The van der Waals surface area contributed by atoms with Crippen LogP contribution in [0.1, 0.15) is 18.8 Å². The quantitative estimate of drug-likeness (QED) is 0.918. The van der Waals surface area contributed by atoms with Gasteiger partial charge in [-0.15, -0.1) is 0 Å². The van der Waals surface area contributed by atoms with Crippen LogP contribution in [0, 0.1) is 0 Å². The van der Waals surface area contributed by atoms with Crippen molar-refractivity contribution < 1.29 is 9.53 Å². The van der Waals surface area contributed by atoms with Crippen molar-refractivity contribution in [2.24, 2.45) is 7.05 Å². The lowest BCUT2D eigenvalue weighted by Crippen LogP contribution is -2.52. The number of rotatable bonds is 4. The third-order valence-electron chi connectivity index (χ3n) is 4.14. The zero-order valence-electron chi connectivity index (χ0n) is 13.8. The number of imidazole rings is 1. The fourth-order valence-corrected chi connectivity index (χ4v) is 3.11. The molecule has 1 N–H and O–H groups in total. The molecular formula is C17H21ClN4O2. The van der Waals surface area contributed by atoms with Crippen LogP contribution in [0.25, 0.3) is 0 Å². The summed E-state index contributed by atoms with van der Waals surface area (Å²) in [7, 11) is 1.94. The highest BCUT2D eigenvalue weighted by atomic mass is 35.5. The van der Waals surface area contributed by atoms with E-state index >= 15 is 0 Å². The normalized spacial score (nSPS) is 19.1. The van der Waals surface area contributed by atoms with E-state index in [2.05, 4.69) is 10.3 Å². The topological polar surface area (TPSA) is 59.4 Å². The largest absolute Gasteiger partial charge is 0.481 e. The summed E-state index contributed by atoms with van der Waals surface area (Å²) in [5, 5.41) is 3.91. The minimum Gasteiger partial charge on any atom is -0.481 e. The number of carbonyl (C=O) groups is 1. The van der Waals surface area contributed by atoms with E-state index < -0.39 is 6.10 Å². The van der Waals surface area contributed by atoms with E-state index in [1.54, 1.807) is 37.4 Å². The number of nitrogens with zero attached hydrogens (tertiary/aromatic N) is 3. The second-order valence-corrected chi connectivity index (χ2v) is 6.30. The van der Waals surface area contributed by atoms with Crippen LogP contribution in [0.5, 0.6) is 5.75 Å². The summed E-state index contributed by atoms with van der Waals surface area (Å²) >= 11 is 5.97. The standard InChI is InChI=1S/C17H21ClN4O2/c1-12(24-14-5-3-4-13(18)10-14)17(23)22-9-6-19-11-15(22)16-20-7-8-21(16)2/h3-5,7-8,10,12,15,19H,6,9,11H2,1-2H3. The summed E-state index contributed by atoms with van der Waals surface area (Å²) in [5.41, 5.74) is 0. The monoisotopic (exact) mass is 348 g/mol. The number of halogens is 1. The molecule has 1 aromatic carbocycles. The van der Waals surface area contributed by atoms with E-state index in [9.17, 15) is 4.79 Å². The predicted molar refractivity (Wildman–Crippen MR) is 92.1 cm³/mol. The molecule has 1 aromatic heterocycles. The van der Waals surface area contributed by atoms with Gasteiger partial charge in [0.05, 0.1) is 0 Å². The second-order valence-electron chi connectivity index (χ2n) is 5.87. The average molecular weight is 349 g/mol. The molecule has 1 aliphatic rings. The van der Waals surface area contributed by atoms with Crippen molar-refractivity contribution in [1.82, 2.24) is 19.8 Å². The Morgan fingerprint density at radius 1 is 1.50 bits per heavy atom. The van der Waals surface area contributed by atoms with E-state index in [4.69, 9.17) is 16.3 Å². The van der Waals surface area contributed by atoms with Crippen LogP contribution in [0.2, 0.25) is 5.02 Å². The van der Waals surface area contributed by atoms with Gasteiger partial charge in [-0.05, 0) is 25.1 Å². The van der Waals surface area contributed by atoms with Gasteiger partial charge < -0.3 is 19.5 Å². The Kier molecular flexibility index (Phi) is 5.06. The highest BCUT2D eigenvalue weighted by molar-refractivity contribution is 6.30. The van der Waals surface area contributed by atoms with Crippen molar-refractivity contribution in [3.05, 3.63) is 47.5 Å². The van der Waals surface area contributed by atoms with E-state index in [0.29, 0.717) is 23.9 Å². The number of hydrogen-bond donors (Lipinski definition) is 1. The van der Waals surface area contributed by atoms with Crippen molar-refractivity contribution in [2.75, 3.05) is 19.6 Å². The molecule has 6 nitrogen and oxygen atoms in total. The van der Waals surface area contributed by atoms with Gasteiger partial charge in [0.1, 0.15) is 17.6 Å². The number of carbonyl (C=O) groups excluding carboxylic acids is 1. The summed E-state index contributed by atoms with van der Waals surface area (Å²) in [6, 6.07) is 6.98. The molecule has 0 aliphatic carbocycles. The van der Waals surface area contributed by atoms with Crippen molar-refractivity contribution in [2.45, 2.75) is 19.1 Å². The summed E-state index contributed by atoms with van der Waals surface area (Å²) in [6.07, 6.45) is 3.04. The van der Waals surface area contributed by atoms with Crippen LogP contribution in [-0.2, 0) is 11.8 Å². The maximum absolute atomic E-state index is 12.9. The summed E-state index contributed by atoms with van der Waals surface area (Å²) in [4.78, 5) is 19.1. The molecule has 2 aromatic rings. The van der Waals surface area contributed by atoms with E-state index in [1.807, 2.05) is 22.7 Å². The Labute approximate surface area is 146 Å². The van der Waals surface area contributed by atoms with E-state index in [1.165, 1.54) is 0 Å². The van der Waals surface area contributed by atoms with Gasteiger partial charge in [0.15, 0.2) is 6.10 Å². The van der Waals surface area contributed by atoms with Crippen molar-refractivity contribution in [1.29, 1.82) is 0 Å². The first kappa shape index (κ1) is 16.8. The SMILES string of the molecule is CC(Oc1cccc(Cl)c1)C(=O)N1CCNCC1c1nccn1C. The number of amides is 1. The molecule has 2 unspecified atom stereocenters. The molecule has 24 heavy (non-hydrogen) atoms. The Hall–Kier alpha value is -2.05. The molecule has 0 bridgehead atoms. The molecule has 128 valence electrons. The zero-order chi connectivity index (χ0) is 17.1. The number of benzene rings is 1. The minimum atomic E-state index is -0.593. The van der Waals surface area contributed by atoms with Crippen LogP contribution < -0.4 is 10.1 Å². The van der Waals surface area contributed by atoms with Crippen LogP contribution in [0.3, 0.4) is 0 Å². The molecule has 3 rings (SSSR count). The fourth-order valence-electron chi connectivity index (χ4n) is 2.93. The number of hydrogen-bond acceptors (Lipinski definition) is 4. The number of aryl methyl sites for hydroxylation is 1. The molecule has 1 aliphatic heterocycles. The van der Waals surface area contributed by atoms with Crippen LogP contribution in [-0.4, -0.2) is 46.1 Å². The molecule has 0 saturated carbocycles. The van der Waals surface area contributed by atoms with Gasteiger partial charge in [-0.25, -0.2) is 4.98 Å². The fraction of sp³-hybridized carbons (Fsp3) is 0.412. The molecule has 0 radical (unpaired) electrons. The third kappa shape index (κ3) is 3.55. The lowest BCUT2D eigenvalue weighted by molar-refractivity contribution is -0.141. The number of nitrogens with one attached hydrogen (secondary N) is 1. The summed E-state index contributed by atoms with van der Waals surface area (Å²) in [6.45, 7) is 3.83. The van der Waals surface area contributed by atoms with Gasteiger partial charge in [-0.3, -0.25) is 4.79 Å². The van der Waals surface area contributed by atoms with Gasteiger partial charge in [0, 0.05) is 44.1 Å². The van der Waals surface area contributed by atoms with Gasteiger partial charge in [-0.1, -0.05) is 17.7 Å². The third-order valence-corrected chi connectivity index (χ3v) is 4.37. The minimum absolute atomic E-state index is 0.0514. The van der Waals surface area contributed by atoms with Gasteiger partial charge in [0.25, 0.3) is 5.91 Å². The predicted octanol–water partition coefficient (Wildman–Crippen LogP) is 2.01. The average Bonchev–Trinajstić information content (AvgIpc) is 3.00. The van der Waals surface area contributed by atoms with Crippen LogP contribution >= 0.6 is 11.6 Å². The van der Waals surface area contributed by atoms with Crippen molar-refractivity contribution >= 4 is 17.5 Å². The van der Waals surface area contributed by atoms with Gasteiger partial charge in [0.2, 0.25) is 0 Å². The molecule has 0 spiro atoms. The van der Waals surface area contributed by atoms with Crippen LogP contribution in [0.4, 0.5) is 0 Å². The first-order valence-electron chi connectivity index (χ1n) is 7.97. The Morgan fingerprint density at radius 2 is 2.33 bits per heavy atom. The number of aromatic nitrogens is 2. The first-order chi connectivity index (χ1) is 11.6. The highest BCUT2D eigenvalue weighted by Gasteiger charge is 2.33. The molecule has 1 amide bonds. The van der Waals surface area contributed by atoms with Crippen molar-refractivity contribution in [3.63, 3.8) is 0 Å². The second kappa shape index (κ2) is 7.23. The molecular weight excluding hydrogens is 328 g/mol. The Morgan fingerprint density at radius 3 is 3.04 bits per heavy atom. The molecule has 1 saturated heterocycles. The maximum atomic E-state index is 12.9. The maximum Gasteiger partial charge on any atom is 0.264 e. The molecule has 7 heteroatoms. The number of ether oxygens (including phenoxy) is 1. The Balaban J connectivity index is 1.75. The smallest absolute Gasteiger partial charge is 0.264 e. The lowest BCUT2D eigenvalue weighted by atomic mass is 10.1. The van der Waals surface area contributed by atoms with Crippen LogP contribution in [0.15, 0.2) is 36.7 Å². The van der Waals surface area contributed by atoms with Gasteiger partial charge >= 0.3 is 0 Å². The first-order valence-corrected chi connectivity index (χ1v) is 8.34. The van der Waals surface area contributed by atoms with Crippen molar-refractivity contribution in [3.8, 4) is 5.75 Å². The molecule has 2 atom stereocenters. The highest BCUT2D eigenvalue weighted by Crippen LogP contribution is 2.23. The van der Waals surface area contributed by atoms with E-state index in [0.717, 1.165) is 12.4 Å². The molecule has 1 fully saturated rings. The number of piperazine rings is 1. The Bertz CT molecular complexity index is 718. The zero-order valence-corrected chi connectivity index (χ0v) is 14.5. The van der Waals surface area contributed by atoms with E-state index in [-0.39, 0.29) is 11.9 Å².